The molecule has 0 fully saturated rings. The van der Waals surface area contributed by atoms with Gasteiger partial charge in [0.05, 0.1) is 0 Å². The summed E-state index contributed by atoms with van der Waals surface area (Å²) < 4.78 is 195. The van der Waals surface area contributed by atoms with Crippen LogP contribution in [0.4, 0.5) is 65.9 Å². The molecule has 0 heterocycles. The third-order valence-corrected chi connectivity index (χ3v) is 17.2. The summed E-state index contributed by atoms with van der Waals surface area (Å²) in [6.07, 6.45) is -38.0. The second kappa shape index (κ2) is 15.8. The van der Waals surface area contributed by atoms with Crippen LogP contribution < -0.4 is 0 Å². The summed E-state index contributed by atoms with van der Waals surface area (Å²) in [6, 6.07) is 0. The van der Waals surface area contributed by atoms with E-state index < -0.39 is 94.3 Å². The minimum atomic E-state index is -8.09. The first kappa shape index (κ1) is 34.7. The third kappa shape index (κ3) is 8.90. The molecule has 35 heavy (non-hydrogen) atoms. The molecule has 0 spiro atoms. The Bertz CT molecular complexity index is 509. The monoisotopic (exact) mass is 662 g/mol. The fourth-order valence-electron chi connectivity index (χ4n) is 3.12. The Kier molecular flexibility index (Phi) is 15.7. The number of unbranched alkanes of at least 4 members (excludes halogenated alkanes) is 3. The van der Waals surface area contributed by atoms with Gasteiger partial charge in [0.1, 0.15) is 0 Å². The number of alkyl halides is 15. The van der Waals surface area contributed by atoms with Gasteiger partial charge in [0, 0.05) is 0 Å². The van der Waals surface area contributed by atoms with Gasteiger partial charge < -0.3 is 0 Å². The Labute approximate surface area is 196 Å². The van der Waals surface area contributed by atoms with Crippen LogP contribution in [0.2, 0.25) is 0 Å². The van der Waals surface area contributed by atoms with Crippen LogP contribution in [0.5, 0.6) is 0 Å². The molecular formula is C18H25F15OSn. The van der Waals surface area contributed by atoms with Crippen LogP contribution in [0.1, 0.15) is 32.6 Å². The van der Waals surface area contributed by atoms with Crippen molar-refractivity contribution >= 4 is 18.8 Å². The van der Waals surface area contributed by atoms with Gasteiger partial charge in [-0.25, -0.2) is 0 Å². The summed E-state index contributed by atoms with van der Waals surface area (Å²) in [4.78, 5) is 0. The van der Waals surface area contributed by atoms with E-state index in [0.29, 0.717) is 12.8 Å². The molecule has 0 aromatic rings. The Morgan fingerprint density at radius 2 is 0.771 bits per heavy atom. The van der Waals surface area contributed by atoms with E-state index in [1.807, 2.05) is 0 Å². The SMILES string of the molecule is CCCCCC[O][Sn]([CH](F)C(F)C(F)C(F)F)([CH](F)C(F)C(F)C(F)F)[CH](F)C(F)C(F)C(F)F. The first-order valence-electron chi connectivity index (χ1n) is 10.3. The third-order valence-electron chi connectivity index (χ3n) is 5.12. The van der Waals surface area contributed by atoms with Gasteiger partial charge in [0.25, 0.3) is 0 Å². The van der Waals surface area contributed by atoms with Gasteiger partial charge in [-0.15, -0.1) is 0 Å². The van der Waals surface area contributed by atoms with Crippen LogP contribution in [0.25, 0.3) is 0 Å². The molecule has 0 aromatic heterocycles. The van der Waals surface area contributed by atoms with Crippen LogP contribution in [0, 0.1) is 0 Å². The predicted octanol–water partition coefficient (Wildman–Crippen LogP) is 6.98. The zero-order valence-electron chi connectivity index (χ0n) is 18.0. The quantitative estimate of drug-likeness (QED) is 0.0876. The molecule has 0 aromatic carbocycles. The summed E-state index contributed by atoms with van der Waals surface area (Å²) in [7, 11) is 0. The first-order chi connectivity index (χ1) is 16.1. The van der Waals surface area contributed by atoms with Gasteiger partial charge in [-0.2, -0.15) is 0 Å². The molecule has 17 heteroatoms. The molecule has 0 N–H and O–H groups in total. The number of halogens is 15. The minimum absolute atomic E-state index is 0.0920. The fraction of sp³-hybridized carbons (Fsp3) is 1.00. The van der Waals surface area contributed by atoms with E-state index in [9.17, 15) is 52.7 Å². The molecule has 9 atom stereocenters. The van der Waals surface area contributed by atoms with Crippen molar-refractivity contribution in [3.05, 3.63) is 0 Å². The van der Waals surface area contributed by atoms with Gasteiger partial charge in [-0.3, -0.25) is 0 Å². The van der Waals surface area contributed by atoms with Crippen LogP contribution in [0.15, 0.2) is 0 Å². The van der Waals surface area contributed by atoms with Crippen LogP contribution in [0.3, 0.4) is 0 Å². The molecule has 9 unspecified atom stereocenters. The van der Waals surface area contributed by atoms with Crippen molar-refractivity contribution in [3.8, 4) is 0 Å². The Balaban J connectivity index is 6.71. The zero-order valence-corrected chi connectivity index (χ0v) is 20.9. The van der Waals surface area contributed by atoms with Crippen LogP contribution in [-0.4, -0.2) is 94.3 Å². The Morgan fingerprint density at radius 1 is 0.457 bits per heavy atom. The van der Waals surface area contributed by atoms with Crippen molar-refractivity contribution in [3.63, 3.8) is 0 Å². The molecule has 0 aliphatic rings. The van der Waals surface area contributed by atoms with E-state index in [1.54, 1.807) is 6.92 Å². The zero-order chi connectivity index (χ0) is 27.7. The van der Waals surface area contributed by atoms with Crippen molar-refractivity contribution in [2.45, 2.75) is 101 Å². The Morgan fingerprint density at radius 3 is 1.03 bits per heavy atom. The van der Waals surface area contributed by atoms with Gasteiger partial charge in [0.15, 0.2) is 0 Å². The number of hydrogen-bond donors (Lipinski definition) is 0. The molecule has 0 aliphatic carbocycles. The van der Waals surface area contributed by atoms with E-state index in [1.165, 1.54) is 0 Å². The standard InChI is InChI=1S/C6H13O.3C4H4F5.Sn/c1-2-3-4-5-6-7;3*5-1-2(6)3(7)4(8)9;/h2-6H2,1H3;3*1-4H;/q-1;;;;+1. The average molecular weight is 661 g/mol. The van der Waals surface area contributed by atoms with Crippen molar-refractivity contribution < 1.29 is 68.9 Å². The van der Waals surface area contributed by atoms with Crippen LogP contribution >= 0.6 is 0 Å². The Hall–Kier alpha value is -0.291. The maximum absolute atomic E-state index is 15.0. The summed E-state index contributed by atoms with van der Waals surface area (Å²) in [5, 5.41) is 0. The van der Waals surface area contributed by atoms with Gasteiger partial charge in [-0.05, 0) is 0 Å². The van der Waals surface area contributed by atoms with Crippen molar-refractivity contribution in [2.24, 2.45) is 0 Å². The second-order valence-electron chi connectivity index (χ2n) is 7.64. The van der Waals surface area contributed by atoms with Crippen molar-refractivity contribution in [1.82, 2.24) is 0 Å². The van der Waals surface area contributed by atoms with Crippen molar-refractivity contribution in [2.75, 3.05) is 6.61 Å². The molecule has 0 amide bonds. The summed E-state index contributed by atoms with van der Waals surface area (Å²) in [5.74, 6) is 0. The molecule has 0 saturated carbocycles. The van der Waals surface area contributed by atoms with Gasteiger partial charge >= 0.3 is 196 Å². The van der Waals surface area contributed by atoms with E-state index in [0.717, 1.165) is 0 Å². The summed E-state index contributed by atoms with van der Waals surface area (Å²) >= 11 is -8.09. The van der Waals surface area contributed by atoms with Gasteiger partial charge in [0.2, 0.25) is 0 Å². The number of hydrogen-bond acceptors (Lipinski definition) is 1. The topological polar surface area (TPSA) is 9.23 Å². The van der Waals surface area contributed by atoms with Crippen molar-refractivity contribution in [1.29, 1.82) is 0 Å². The number of rotatable bonds is 18. The predicted molar refractivity (Wildman–Crippen MR) is 97.9 cm³/mol. The average Bonchev–Trinajstić information content (AvgIpc) is 2.81. The molecular weight excluding hydrogens is 636 g/mol. The molecule has 212 valence electrons. The van der Waals surface area contributed by atoms with E-state index >= 15 is 13.2 Å². The molecule has 0 radical (unpaired) electrons. The fourth-order valence-corrected chi connectivity index (χ4v) is 14.3. The van der Waals surface area contributed by atoms with E-state index in [4.69, 9.17) is 0 Å². The van der Waals surface area contributed by atoms with Gasteiger partial charge in [-0.1, -0.05) is 0 Å². The van der Waals surface area contributed by atoms with Crippen LogP contribution in [-0.2, 0) is 3.07 Å². The molecule has 1 nitrogen and oxygen atoms in total. The molecule has 0 rings (SSSR count). The normalized spacial score (nSPS) is 22.4. The summed E-state index contributed by atoms with van der Waals surface area (Å²) in [5.41, 5.74) is 0. The first-order valence-corrected chi connectivity index (χ1v) is 16.4. The van der Waals surface area contributed by atoms with E-state index in [2.05, 4.69) is 3.07 Å². The molecule has 0 bridgehead atoms. The molecule has 0 aliphatic heterocycles. The molecule has 0 saturated heterocycles. The maximum atomic E-state index is 15.0. The second-order valence-corrected chi connectivity index (χ2v) is 18.1. The van der Waals surface area contributed by atoms with E-state index in [-0.39, 0.29) is 12.8 Å². The summed E-state index contributed by atoms with van der Waals surface area (Å²) in [6.45, 7) is 0.502.